The van der Waals surface area contributed by atoms with E-state index in [9.17, 15) is 9.59 Å². The molecule has 194 valence electrons. The number of ether oxygens (including phenoxy) is 1. The lowest BCUT2D eigenvalue weighted by atomic mass is 9.96. The highest BCUT2D eigenvalue weighted by atomic mass is 32.1. The lowest BCUT2D eigenvalue weighted by Gasteiger charge is -2.36. The molecule has 2 aliphatic heterocycles. The van der Waals surface area contributed by atoms with Crippen molar-refractivity contribution in [3.05, 3.63) is 40.3 Å². The molecule has 1 aliphatic carbocycles. The van der Waals surface area contributed by atoms with E-state index in [0.717, 1.165) is 55.5 Å². The number of methoxy groups -OCH3 is 1. The first kappa shape index (κ1) is 25.1. The molecule has 3 heterocycles. The van der Waals surface area contributed by atoms with Crippen LogP contribution in [0.5, 0.6) is 5.75 Å². The first-order chi connectivity index (χ1) is 17.1. The van der Waals surface area contributed by atoms with E-state index in [4.69, 9.17) is 9.72 Å². The van der Waals surface area contributed by atoms with Gasteiger partial charge in [-0.2, -0.15) is 0 Å². The Bertz CT molecular complexity index is 1100. The van der Waals surface area contributed by atoms with Gasteiger partial charge in [0.2, 0.25) is 5.91 Å². The average molecular weight is 511 g/mol. The Morgan fingerprint density at radius 2 is 1.53 bits per heavy atom. The predicted octanol–water partition coefficient (Wildman–Crippen LogP) is 4.50. The van der Waals surface area contributed by atoms with Gasteiger partial charge in [0.1, 0.15) is 11.4 Å². The zero-order valence-electron chi connectivity index (χ0n) is 22.1. The monoisotopic (exact) mass is 510 g/mol. The number of likely N-dealkylation sites (tertiary alicyclic amines) is 1. The number of carbonyl (C=O) groups is 2. The molecule has 5 rings (SSSR count). The molecule has 2 aromatic rings. The first-order valence-electron chi connectivity index (χ1n) is 13.1. The number of nitrogens with zero attached hydrogens (tertiary/aromatic N) is 4. The maximum absolute atomic E-state index is 13.1. The number of piperazine rings is 1. The van der Waals surface area contributed by atoms with Gasteiger partial charge in [-0.1, -0.05) is 27.7 Å². The first-order valence-corrected chi connectivity index (χ1v) is 13.9. The van der Waals surface area contributed by atoms with Crippen LogP contribution in [0.3, 0.4) is 0 Å². The second-order valence-electron chi connectivity index (χ2n) is 11.5. The zero-order chi connectivity index (χ0) is 25.7. The molecule has 3 aliphatic rings. The second kappa shape index (κ2) is 9.36. The van der Waals surface area contributed by atoms with Crippen LogP contribution in [0.1, 0.15) is 62.0 Å². The standard InChI is InChI=1S/C28H38N4O3S/c1-27(2)23(28(27,3)4)26(34)31-12-10-19(11-13-31)24-29-22(18-36-24)25(33)32-16-14-30(15-17-32)20-6-8-21(35-5)9-7-20/h6-9,18-19,23H,10-17H2,1-5H3. The average Bonchev–Trinajstić information content (AvgIpc) is 3.21. The molecule has 2 amide bonds. The van der Waals surface area contributed by atoms with Crippen molar-refractivity contribution < 1.29 is 14.3 Å². The minimum absolute atomic E-state index is 0.0256. The molecule has 3 fully saturated rings. The van der Waals surface area contributed by atoms with Gasteiger partial charge in [0, 0.05) is 62.2 Å². The minimum atomic E-state index is 0.0256. The highest BCUT2D eigenvalue weighted by Gasteiger charge is 2.68. The fourth-order valence-electron chi connectivity index (χ4n) is 6.04. The predicted molar refractivity (Wildman–Crippen MR) is 143 cm³/mol. The van der Waals surface area contributed by atoms with E-state index in [1.165, 1.54) is 0 Å². The maximum Gasteiger partial charge on any atom is 0.273 e. The van der Waals surface area contributed by atoms with E-state index < -0.39 is 0 Å². The number of piperidine rings is 1. The fourth-order valence-corrected chi connectivity index (χ4v) is 7.00. The summed E-state index contributed by atoms with van der Waals surface area (Å²) < 4.78 is 5.25. The number of aromatic nitrogens is 1. The van der Waals surface area contributed by atoms with Gasteiger partial charge in [-0.25, -0.2) is 4.98 Å². The van der Waals surface area contributed by atoms with Crippen LogP contribution in [0.25, 0.3) is 0 Å². The number of benzene rings is 1. The molecule has 0 bridgehead atoms. The molecule has 0 spiro atoms. The molecular formula is C28H38N4O3S. The van der Waals surface area contributed by atoms with Gasteiger partial charge in [0.05, 0.1) is 12.1 Å². The molecule has 36 heavy (non-hydrogen) atoms. The van der Waals surface area contributed by atoms with Crippen LogP contribution in [-0.2, 0) is 4.79 Å². The van der Waals surface area contributed by atoms with Crippen molar-refractivity contribution in [2.24, 2.45) is 16.7 Å². The van der Waals surface area contributed by atoms with Crippen molar-refractivity contribution in [1.82, 2.24) is 14.8 Å². The van der Waals surface area contributed by atoms with Gasteiger partial charge in [0.15, 0.2) is 0 Å². The summed E-state index contributed by atoms with van der Waals surface area (Å²) in [6, 6.07) is 8.07. The van der Waals surface area contributed by atoms with Crippen molar-refractivity contribution in [1.29, 1.82) is 0 Å². The summed E-state index contributed by atoms with van der Waals surface area (Å²) in [6.07, 6.45) is 1.84. The van der Waals surface area contributed by atoms with E-state index in [1.807, 2.05) is 22.4 Å². The number of anilines is 1. The molecule has 0 radical (unpaired) electrons. The van der Waals surface area contributed by atoms with Crippen molar-refractivity contribution in [2.75, 3.05) is 51.3 Å². The van der Waals surface area contributed by atoms with E-state index in [2.05, 4.69) is 49.6 Å². The number of hydrogen-bond acceptors (Lipinski definition) is 6. The van der Waals surface area contributed by atoms with Gasteiger partial charge >= 0.3 is 0 Å². The van der Waals surface area contributed by atoms with E-state index in [0.29, 0.717) is 30.6 Å². The zero-order valence-corrected chi connectivity index (χ0v) is 22.9. The van der Waals surface area contributed by atoms with Crippen LogP contribution in [0.2, 0.25) is 0 Å². The lowest BCUT2D eigenvalue weighted by molar-refractivity contribution is -0.134. The molecule has 0 atom stereocenters. The van der Waals surface area contributed by atoms with Crippen LogP contribution < -0.4 is 9.64 Å². The highest BCUT2D eigenvalue weighted by molar-refractivity contribution is 7.09. The molecule has 2 saturated heterocycles. The summed E-state index contributed by atoms with van der Waals surface area (Å²) in [5, 5.41) is 2.95. The summed E-state index contributed by atoms with van der Waals surface area (Å²) in [5.74, 6) is 1.63. The van der Waals surface area contributed by atoms with E-state index >= 15 is 0 Å². The molecule has 1 aromatic heterocycles. The Kier molecular flexibility index (Phi) is 6.52. The molecule has 0 N–H and O–H groups in total. The van der Waals surface area contributed by atoms with Gasteiger partial charge in [-0.3, -0.25) is 9.59 Å². The normalized spacial score (nSPS) is 22.0. The van der Waals surface area contributed by atoms with E-state index in [1.54, 1.807) is 18.4 Å². The topological polar surface area (TPSA) is 66.0 Å². The molecule has 1 saturated carbocycles. The summed E-state index contributed by atoms with van der Waals surface area (Å²) in [5.41, 5.74) is 1.86. The number of carbonyl (C=O) groups excluding carboxylic acids is 2. The Labute approximate surface area is 218 Å². The summed E-state index contributed by atoms with van der Waals surface area (Å²) >= 11 is 1.59. The van der Waals surface area contributed by atoms with Gasteiger partial charge in [-0.15, -0.1) is 11.3 Å². The van der Waals surface area contributed by atoms with Gasteiger partial charge in [-0.05, 0) is 47.9 Å². The summed E-state index contributed by atoms with van der Waals surface area (Å²) in [6.45, 7) is 13.4. The number of amides is 2. The molecule has 8 heteroatoms. The van der Waals surface area contributed by atoms with Crippen LogP contribution in [0, 0.1) is 16.7 Å². The van der Waals surface area contributed by atoms with Crippen molar-refractivity contribution in [3.8, 4) is 5.75 Å². The molecule has 7 nitrogen and oxygen atoms in total. The van der Waals surface area contributed by atoms with E-state index in [-0.39, 0.29) is 22.7 Å². The van der Waals surface area contributed by atoms with Crippen LogP contribution >= 0.6 is 11.3 Å². The maximum atomic E-state index is 13.1. The Morgan fingerprint density at radius 1 is 0.917 bits per heavy atom. The van der Waals surface area contributed by atoms with Crippen molar-refractivity contribution >= 4 is 28.8 Å². The second-order valence-corrected chi connectivity index (χ2v) is 12.4. The van der Waals surface area contributed by atoms with Crippen LogP contribution in [0.4, 0.5) is 5.69 Å². The largest absolute Gasteiger partial charge is 0.497 e. The van der Waals surface area contributed by atoms with Crippen molar-refractivity contribution in [3.63, 3.8) is 0 Å². The third-order valence-electron chi connectivity index (χ3n) is 9.17. The third-order valence-corrected chi connectivity index (χ3v) is 10.2. The highest BCUT2D eigenvalue weighted by Crippen LogP contribution is 2.68. The van der Waals surface area contributed by atoms with Gasteiger partial charge < -0.3 is 19.4 Å². The molecule has 1 aromatic carbocycles. The third kappa shape index (κ3) is 4.38. The van der Waals surface area contributed by atoms with Crippen LogP contribution in [-0.4, -0.2) is 73.0 Å². The molecular weight excluding hydrogens is 472 g/mol. The SMILES string of the molecule is COc1ccc(N2CCN(C(=O)c3csc(C4CCN(C(=O)C5C(C)(C)C5(C)C)CC4)n3)CC2)cc1. The summed E-state index contributed by atoms with van der Waals surface area (Å²) in [4.78, 5) is 37.3. The summed E-state index contributed by atoms with van der Waals surface area (Å²) in [7, 11) is 1.67. The lowest BCUT2D eigenvalue weighted by Crippen LogP contribution is -2.48. The number of hydrogen-bond donors (Lipinski definition) is 0. The van der Waals surface area contributed by atoms with Gasteiger partial charge in [0.25, 0.3) is 5.91 Å². The van der Waals surface area contributed by atoms with Crippen LogP contribution in [0.15, 0.2) is 29.6 Å². The number of thiazole rings is 1. The number of rotatable bonds is 5. The smallest absolute Gasteiger partial charge is 0.273 e. The Hall–Kier alpha value is -2.61. The minimum Gasteiger partial charge on any atom is -0.497 e. The quantitative estimate of drug-likeness (QED) is 0.593. The molecule has 0 unspecified atom stereocenters. The Balaban J connectivity index is 1.13. The fraction of sp³-hybridized carbons (Fsp3) is 0.607. The Morgan fingerprint density at radius 3 is 2.08 bits per heavy atom. The van der Waals surface area contributed by atoms with Crippen molar-refractivity contribution in [2.45, 2.75) is 46.5 Å².